The van der Waals surface area contributed by atoms with Crippen molar-refractivity contribution in [1.82, 2.24) is 14.5 Å². The Labute approximate surface area is 130 Å². The van der Waals surface area contributed by atoms with Gasteiger partial charge < -0.3 is 9.47 Å². The molecule has 1 saturated heterocycles. The molecule has 0 N–H and O–H groups in total. The highest BCUT2D eigenvalue weighted by Crippen LogP contribution is 2.35. The third-order valence-electron chi connectivity index (χ3n) is 3.73. The van der Waals surface area contributed by atoms with Crippen LogP contribution in [0.15, 0.2) is 17.8 Å². The van der Waals surface area contributed by atoms with Crippen LogP contribution in [0.25, 0.3) is 0 Å². The average Bonchev–Trinajstić information content (AvgIpc) is 3.01. The van der Waals surface area contributed by atoms with Crippen molar-refractivity contribution in [2.75, 3.05) is 18.0 Å². The van der Waals surface area contributed by atoms with Gasteiger partial charge in [-0.15, -0.1) is 11.3 Å². The van der Waals surface area contributed by atoms with Gasteiger partial charge in [0.05, 0.1) is 0 Å². The van der Waals surface area contributed by atoms with E-state index in [1.54, 1.807) is 6.20 Å². The van der Waals surface area contributed by atoms with Crippen LogP contribution in [-0.4, -0.2) is 27.6 Å². The summed E-state index contributed by atoms with van der Waals surface area (Å²) in [5.74, 6) is 1.83. The quantitative estimate of drug-likeness (QED) is 0.859. The summed E-state index contributed by atoms with van der Waals surface area (Å²) in [5, 5.41) is 1.54. The van der Waals surface area contributed by atoms with Crippen LogP contribution in [0.3, 0.4) is 0 Å². The van der Waals surface area contributed by atoms with E-state index in [2.05, 4.69) is 28.4 Å². The van der Waals surface area contributed by atoms with Gasteiger partial charge in [0.25, 0.3) is 0 Å². The van der Waals surface area contributed by atoms with Gasteiger partial charge in [-0.05, 0) is 0 Å². The molecule has 22 heavy (non-hydrogen) atoms. The van der Waals surface area contributed by atoms with Crippen LogP contribution in [-0.2, 0) is 12.7 Å². The fourth-order valence-corrected chi connectivity index (χ4v) is 3.49. The molecule has 0 radical (unpaired) electrons. The fraction of sp³-hybridized carbons (Fsp3) is 0.571. The van der Waals surface area contributed by atoms with Gasteiger partial charge in [-0.1, -0.05) is 13.8 Å². The molecule has 0 atom stereocenters. The first-order chi connectivity index (χ1) is 10.3. The van der Waals surface area contributed by atoms with Crippen molar-refractivity contribution in [3.05, 3.63) is 29.3 Å². The zero-order valence-electron chi connectivity index (χ0n) is 12.3. The summed E-state index contributed by atoms with van der Waals surface area (Å²) in [6, 6.07) is 0. The van der Waals surface area contributed by atoms with Crippen molar-refractivity contribution in [2.45, 2.75) is 32.5 Å². The van der Waals surface area contributed by atoms with Gasteiger partial charge in [0.1, 0.15) is 5.82 Å². The molecule has 1 aliphatic rings. The Balaban J connectivity index is 1.58. The largest absolute Gasteiger partial charge is 0.434 e. The average molecular weight is 330 g/mol. The minimum Gasteiger partial charge on any atom is -0.347 e. The van der Waals surface area contributed by atoms with Crippen molar-refractivity contribution in [2.24, 2.45) is 5.92 Å². The second-order valence-corrected chi connectivity index (χ2v) is 6.71. The van der Waals surface area contributed by atoms with E-state index < -0.39 is 11.9 Å². The van der Waals surface area contributed by atoms with Gasteiger partial charge >= 0.3 is 6.18 Å². The number of hydrogen-bond donors (Lipinski definition) is 0. The van der Waals surface area contributed by atoms with E-state index in [-0.39, 0.29) is 0 Å². The SMILES string of the molecule is CC(C)c1nccn1CC1CN(c2nc(C(F)(F)F)cs2)C1. The zero-order chi connectivity index (χ0) is 15.9. The van der Waals surface area contributed by atoms with Crippen molar-refractivity contribution >= 4 is 16.5 Å². The van der Waals surface area contributed by atoms with Gasteiger partial charge in [-0.3, -0.25) is 0 Å². The first-order valence-corrected chi connectivity index (χ1v) is 8.01. The lowest BCUT2D eigenvalue weighted by Crippen LogP contribution is -2.48. The third-order valence-corrected chi connectivity index (χ3v) is 4.63. The molecule has 1 fully saturated rings. The van der Waals surface area contributed by atoms with Gasteiger partial charge in [-0.2, -0.15) is 13.2 Å². The number of rotatable bonds is 4. The molecule has 4 nitrogen and oxygen atoms in total. The molecule has 2 aromatic rings. The summed E-state index contributed by atoms with van der Waals surface area (Å²) in [7, 11) is 0. The molecular weight excluding hydrogens is 313 g/mol. The van der Waals surface area contributed by atoms with Crippen molar-refractivity contribution in [3.63, 3.8) is 0 Å². The minimum absolute atomic E-state index is 0.361. The summed E-state index contributed by atoms with van der Waals surface area (Å²) in [4.78, 5) is 9.93. The van der Waals surface area contributed by atoms with E-state index in [9.17, 15) is 13.2 Å². The number of hydrogen-bond acceptors (Lipinski definition) is 4. The summed E-state index contributed by atoms with van der Waals surface area (Å²) in [6.07, 6.45) is -0.604. The number of halogens is 3. The Hall–Kier alpha value is -1.57. The molecule has 0 spiro atoms. The lowest BCUT2D eigenvalue weighted by molar-refractivity contribution is -0.140. The van der Waals surface area contributed by atoms with Crippen LogP contribution < -0.4 is 4.90 Å². The second kappa shape index (κ2) is 5.57. The van der Waals surface area contributed by atoms with Crippen LogP contribution in [0.2, 0.25) is 0 Å². The van der Waals surface area contributed by atoms with Crippen LogP contribution >= 0.6 is 11.3 Å². The van der Waals surface area contributed by atoms with E-state index in [1.165, 1.54) is 0 Å². The molecule has 0 unspecified atom stereocenters. The van der Waals surface area contributed by atoms with E-state index in [0.29, 0.717) is 17.0 Å². The number of imidazole rings is 1. The maximum absolute atomic E-state index is 12.6. The minimum atomic E-state index is -4.36. The molecule has 120 valence electrons. The van der Waals surface area contributed by atoms with Gasteiger partial charge in [0.2, 0.25) is 0 Å². The summed E-state index contributed by atoms with van der Waals surface area (Å²) >= 11 is 1.05. The Morgan fingerprint density at radius 2 is 2.09 bits per heavy atom. The molecule has 0 bridgehead atoms. The number of alkyl halides is 3. The lowest BCUT2D eigenvalue weighted by atomic mass is 10.0. The topological polar surface area (TPSA) is 34.0 Å². The first kappa shape index (κ1) is 15.3. The predicted molar refractivity (Wildman–Crippen MR) is 79.1 cm³/mol. The van der Waals surface area contributed by atoms with E-state index >= 15 is 0 Å². The van der Waals surface area contributed by atoms with Crippen LogP contribution in [0, 0.1) is 5.92 Å². The van der Waals surface area contributed by atoms with Crippen molar-refractivity contribution in [1.29, 1.82) is 0 Å². The third kappa shape index (κ3) is 2.97. The Kier molecular flexibility index (Phi) is 3.88. The lowest BCUT2D eigenvalue weighted by Gasteiger charge is -2.39. The summed E-state index contributed by atoms with van der Waals surface area (Å²) < 4.78 is 39.8. The molecule has 8 heteroatoms. The van der Waals surface area contributed by atoms with Crippen LogP contribution in [0.4, 0.5) is 18.3 Å². The first-order valence-electron chi connectivity index (χ1n) is 7.13. The van der Waals surface area contributed by atoms with Gasteiger partial charge in [0, 0.05) is 49.2 Å². The highest BCUT2D eigenvalue weighted by atomic mass is 32.1. The Morgan fingerprint density at radius 3 is 2.68 bits per heavy atom. The van der Waals surface area contributed by atoms with Crippen molar-refractivity contribution in [3.8, 4) is 0 Å². The maximum atomic E-state index is 12.6. The molecule has 0 aliphatic carbocycles. The number of anilines is 1. The van der Waals surface area contributed by atoms with Gasteiger partial charge in [0.15, 0.2) is 10.8 Å². The summed E-state index contributed by atoms with van der Waals surface area (Å²) in [5.41, 5.74) is -0.798. The van der Waals surface area contributed by atoms with Crippen molar-refractivity contribution < 1.29 is 13.2 Å². The number of nitrogens with zero attached hydrogens (tertiary/aromatic N) is 4. The number of thiazole rings is 1. The standard InChI is InChI=1S/C14H17F3N4S/c1-9(2)12-18-3-4-20(12)5-10-6-21(7-10)13-19-11(8-22-13)14(15,16)17/h3-4,8-10H,5-7H2,1-2H3. The number of aromatic nitrogens is 3. The molecule has 0 aromatic carbocycles. The van der Waals surface area contributed by atoms with Crippen LogP contribution in [0.1, 0.15) is 31.3 Å². The second-order valence-electron chi connectivity index (χ2n) is 5.88. The molecule has 0 saturated carbocycles. The zero-order valence-corrected chi connectivity index (χ0v) is 13.2. The Morgan fingerprint density at radius 1 is 1.36 bits per heavy atom. The van der Waals surface area contributed by atoms with Crippen LogP contribution in [0.5, 0.6) is 0 Å². The maximum Gasteiger partial charge on any atom is 0.434 e. The monoisotopic (exact) mass is 330 g/mol. The van der Waals surface area contributed by atoms with E-state index in [1.807, 2.05) is 11.1 Å². The Bertz CT molecular complexity index is 641. The highest BCUT2D eigenvalue weighted by Gasteiger charge is 2.36. The fourth-order valence-electron chi connectivity index (χ4n) is 2.64. The highest BCUT2D eigenvalue weighted by molar-refractivity contribution is 7.13. The molecule has 1 aliphatic heterocycles. The smallest absolute Gasteiger partial charge is 0.347 e. The van der Waals surface area contributed by atoms with E-state index in [0.717, 1.165) is 42.2 Å². The normalized spacial score (nSPS) is 16.4. The molecular formula is C14H17F3N4S. The van der Waals surface area contributed by atoms with Gasteiger partial charge in [-0.25, -0.2) is 9.97 Å². The molecule has 3 rings (SSSR count). The predicted octanol–water partition coefficient (Wildman–Crippen LogP) is 3.62. The van der Waals surface area contributed by atoms with E-state index in [4.69, 9.17) is 0 Å². The molecule has 0 amide bonds. The summed E-state index contributed by atoms with van der Waals surface area (Å²) in [6.45, 7) is 6.52. The molecule has 2 aromatic heterocycles. The molecule has 3 heterocycles.